The molecule has 2 aromatic carbocycles. The summed E-state index contributed by atoms with van der Waals surface area (Å²) in [6, 6.07) is 13.3. The van der Waals surface area contributed by atoms with E-state index >= 15 is 0 Å². The van der Waals surface area contributed by atoms with E-state index in [0.717, 1.165) is 4.68 Å². The third-order valence-electron chi connectivity index (χ3n) is 5.89. The quantitative estimate of drug-likeness (QED) is 0.325. The fraction of sp³-hybridized carbons (Fsp3) is 0.346. The lowest BCUT2D eigenvalue weighted by Gasteiger charge is -2.15. The van der Waals surface area contributed by atoms with Crippen LogP contribution in [0.15, 0.2) is 52.3 Å². The molecule has 0 bridgehead atoms. The summed E-state index contributed by atoms with van der Waals surface area (Å²) in [5.74, 6) is 0.127. The van der Waals surface area contributed by atoms with Crippen LogP contribution in [0, 0.1) is 11.3 Å². The molecule has 0 saturated carbocycles. The summed E-state index contributed by atoms with van der Waals surface area (Å²) in [6.45, 7) is -0.0803. The van der Waals surface area contributed by atoms with Crippen molar-refractivity contribution in [3.63, 3.8) is 0 Å². The molecule has 10 nitrogen and oxygen atoms in total. The molecule has 198 valence electrons. The zero-order valence-electron chi connectivity index (χ0n) is 20.6. The smallest absolute Gasteiger partial charge is 0.275 e. The van der Waals surface area contributed by atoms with Gasteiger partial charge in [0.2, 0.25) is 5.91 Å². The maximum Gasteiger partial charge on any atom is 0.275 e. The highest BCUT2D eigenvalue weighted by atomic mass is 19.3. The lowest BCUT2D eigenvalue weighted by atomic mass is 10.1. The summed E-state index contributed by atoms with van der Waals surface area (Å²) in [5, 5.41) is 20.7. The van der Waals surface area contributed by atoms with E-state index in [4.69, 9.17) is 9.47 Å². The first-order valence-electron chi connectivity index (χ1n) is 11.9. The Morgan fingerprint density at radius 2 is 2.11 bits per heavy atom. The number of nitrogens with one attached hydrogen (secondary N) is 2. The maximum absolute atomic E-state index is 13.1. The number of amides is 1. The molecular formula is C26H26F2N6O4. The minimum atomic E-state index is -2.69. The predicted molar refractivity (Wildman–Crippen MR) is 137 cm³/mol. The highest BCUT2D eigenvalue weighted by molar-refractivity contribution is 5.99. The Morgan fingerprint density at radius 1 is 1.32 bits per heavy atom. The molecule has 1 unspecified atom stereocenters. The Morgan fingerprint density at radius 3 is 2.79 bits per heavy atom. The highest BCUT2D eigenvalue weighted by Crippen LogP contribution is 2.24. The summed E-state index contributed by atoms with van der Waals surface area (Å²) in [4.78, 5) is 29.9. The van der Waals surface area contributed by atoms with Crippen molar-refractivity contribution in [3.8, 4) is 11.8 Å². The second kappa shape index (κ2) is 12.2. The first-order chi connectivity index (χ1) is 18.4. The van der Waals surface area contributed by atoms with Crippen LogP contribution in [0.2, 0.25) is 0 Å². The number of carbonyl (C=O) groups excluding carboxylic acids is 1. The van der Waals surface area contributed by atoms with E-state index in [1.54, 1.807) is 37.4 Å². The molecule has 4 rings (SSSR count). The van der Waals surface area contributed by atoms with Gasteiger partial charge in [-0.3, -0.25) is 14.6 Å². The van der Waals surface area contributed by atoms with E-state index in [1.165, 1.54) is 12.1 Å². The van der Waals surface area contributed by atoms with Crippen LogP contribution in [0.5, 0.6) is 5.75 Å². The number of halogens is 2. The van der Waals surface area contributed by atoms with Crippen molar-refractivity contribution < 1.29 is 23.0 Å². The van der Waals surface area contributed by atoms with Gasteiger partial charge in [0, 0.05) is 30.8 Å². The van der Waals surface area contributed by atoms with Gasteiger partial charge in [0.25, 0.3) is 12.0 Å². The number of aliphatic imine (C=N–C) groups is 1. The largest absolute Gasteiger partial charge is 0.486 e. The fourth-order valence-corrected chi connectivity index (χ4v) is 4.07. The van der Waals surface area contributed by atoms with Crippen LogP contribution in [-0.4, -0.2) is 60.9 Å². The number of alkyl halides is 2. The molecule has 1 atom stereocenters. The van der Waals surface area contributed by atoms with Crippen LogP contribution >= 0.6 is 0 Å². The Labute approximate surface area is 216 Å². The summed E-state index contributed by atoms with van der Waals surface area (Å²) >= 11 is 0. The highest BCUT2D eigenvalue weighted by Gasteiger charge is 2.20. The van der Waals surface area contributed by atoms with E-state index in [1.807, 2.05) is 6.07 Å². The first-order valence-corrected chi connectivity index (χ1v) is 11.9. The maximum atomic E-state index is 13.1. The molecule has 1 saturated heterocycles. The van der Waals surface area contributed by atoms with Crippen LogP contribution in [0.4, 0.5) is 14.5 Å². The van der Waals surface area contributed by atoms with E-state index in [9.17, 15) is 23.6 Å². The molecule has 2 heterocycles. The molecule has 2 N–H and O–H groups in total. The number of amidine groups is 1. The minimum Gasteiger partial charge on any atom is -0.486 e. The molecule has 3 aromatic rings. The number of anilines is 1. The van der Waals surface area contributed by atoms with Crippen LogP contribution in [0.25, 0.3) is 10.8 Å². The second-order valence-electron chi connectivity index (χ2n) is 8.58. The molecule has 38 heavy (non-hydrogen) atoms. The van der Waals surface area contributed by atoms with Gasteiger partial charge in [0.15, 0.2) is 0 Å². The Kier molecular flexibility index (Phi) is 8.60. The number of rotatable bonds is 9. The topological polar surface area (TPSA) is 131 Å². The lowest BCUT2D eigenvalue weighted by molar-refractivity contribution is -0.122. The van der Waals surface area contributed by atoms with Gasteiger partial charge in [-0.05, 0) is 24.6 Å². The van der Waals surface area contributed by atoms with Gasteiger partial charge in [-0.25, -0.2) is 13.5 Å². The number of carbonyl (C=O) groups is 1. The monoisotopic (exact) mass is 524 g/mol. The molecule has 0 radical (unpaired) electrons. The number of benzene rings is 2. The molecule has 1 aliphatic heterocycles. The van der Waals surface area contributed by atoms with E-state index < -0.39 is 18.6 Å². The van der Waals surface area contributed by atoms with Crippen LogP contribution in [0.1, 0.15) is 17.7 Å². The average Bonchev–Trinajstić information content (AvgIpc) is 3.42. The average molecular weight is 525 g/mol. The summed E-state index contributed by atoms with van der Waals surface area (Å²) in [6.07, 6.45) is -1.80. The van der Waals surface area contributed by atoms with E-state index in [2.05, 4.69) is 20.7 Å². The van der Waals surface area contributed by atoms with Gasteiger partial charge in [-0.2, -0.15) is 10.4 Å². The Hall–Kier alpha value is -4.37. The molecule has 1 aliphatic rings. The van der Waals surface area contributed by atoms with E-state index in [0.29, 0.717) is 47.6 Å². The van der Waals surface area contributed by atoms with E-state index in [-0.39, 0.29) is 36.2 Å². The molecule has 1 fully saturated rings. The van der Waals surface area contributed by atoms with Crippen molar-refractivity contribution >= 4 is 28.2 Å². The van der Waals surface area contributed by atoms with Crippen molar-refractivity contribution in [2.24, 2.45) is 4.99 Å². The van der Waals surface area contributed by atoms with Gasteiger partial charge in [0.1, 0.15) is 30.8 Å². The van der Waals surface area contributed by atoms with Gasteiger partial charge >= 0.3 is 0 Å². The standard InChI is InChI=1S/C26H26F2N6O4/c1-30-24(31-17-7-6-16(12-29)22(10-17)38-15-23(27)28)11-21-19-4-2-3-5-20(19)26(36)34(33-21)13-25(35)32-18-8-9-37-14-18/h2-7,10,18,23H,8-9,11,13-15H2,1H3,(H,30,31)(H,32,35). The number of aromatic nitrogens is 2. The number of hydrogen-bond donors (Lipinski definition) is 2. The zero-order chi connectivity index (χ0) is 27.1. The number of nitrogens with zero attached hydrogens (tertiary/aromatic N) is 4. The number of nitriles is 1. The molecule has 1 amide bonds. The normalized spacial score (nSPS) is 15.4. The summed E-state index contributed by atoms with van der Waals surface area (Å²) in [7, 11) is 1.56. The summed E-state index contributed by atoms with van der Waals surface area (Å²) in [5.41, 5.74) is 0.698. The molecule has 0 spiro atoms. The molecule has 0 aliphatic carbocycles. The van der Waals surface area contributed by atoms with Crippen molar-refractivity contribution in [1.29, 1.82) is 5.26 Å². The van der Waals surface area contributed by atoms with Crippen molar-refractivity contribution in [3.05, 3.63) is 64.1 Å². The SMILES string of the molecule is CN=C(Cc1nn(CC(=O)NC2CCOC2)c(=O)c2ccccc12)Nc1ccc(C#N)c(OCC(F)F)c1. The number of ether oxygens (including phenoxy) is 2. The van der Waals surface area contributed by atoms with Crippen LogP contribution in [0.3, 0.4) is 0 Å². The lowest BCUT2D eigenvalue weighted by Crippen LogP contribution is -2.40. The second-order valence-corrected chi connectivity index (χ2v) is 8.58. The third kappa shape index (κ3) is 6.49. The predicted octanol–water partition coefficient (Wildman–Crippen LogP) is 2.50. The van der Waals surface area contributed by atoms with Crippen LogP contribution < -0.4 is 20.9 Å². The Bertz CT molecular complexity index is 1440. The Balaban J connectivity index is 1.58. The molecule has 12 heteroatoms. The minimum absolute atomic E-state index is 0.0176. The molecule has 1 aromatic heterocycles. The molecular weight excluding hydrogens is 498 g/mol. The van der Waals surface area contributed by atoms with Gasteiger partial charge in [0.05, 0.1) is 35.7 Å². The first kappa shape index (κ1) is 26.7. The van der Waals surface area contributed by atoms with Gasteiger partial charge in [-0.1, -0.05) is 18.2 Å². The van der Waals surface area contributed by atoms with Gasteiger partial charge < -0.3 is 20.1 Å². The zero-order valence-corrected chi connectivity index (χ0v) is 20.6. The fourth-order valence-electron chi connectivity index (χ4n) is 4.07. The van der Waals surface area contributed by atoms with Crippen molar-refractivity contribution in [1.82, 2.24) is 15.1 Å². The van der Waals surface area contributed by atoms with Crippen molar-refractivity contribution in [2.75, 3.05) is 32.2 Å². The summed E-state index contributed by atoms with van der Waals surface area (Å²) < 4.78 is 36.8. The van der Waals surface area contributed by atoms with Gasteiger partial charge in [-0.15, -0.1) is 0 Å². The number of fused-ring (bicyclic) bond motifs is 1. The number of hydrogen-bond acceptors (Lipinski definition) is 7. The van der Waals surface area contributed by atoms with Crippen LogP contribution in [-0.2, 0) is 22.5 Å². The van der Waals surface area contributed by atoms with Crippen molar-refractivity contribution in [2.45, 2.75) is 31.9 Å². The third-order valence-corrected chi connectivity index (χ3v) is 5.89.